The molecular formula is C13H13NO2. The van der Waals surface area contributed by atoms with Crippen molar-refractivity contribution < 1.29 is 9.53 Å². The minimum Gasteiger partial charge on any atom is -0.409 e. The SMILES string of the molecule is Cn1cccc1OC(=O)Cc1ccccc1. The van der Waals surface area contributed by atoms with Gasteiger partial charge in [-0.25, -0.2) is 0 Å². The topological polar surface area (TPSA) is 31.2 Å². The van der Waals surface area contributed by atoms with E-state index in [-0.39, 0.29) is 5.97 Å². The number of hydrogen-bond donors (Lipinski definition) is 0. The highest BCUT2D eigenvalue weighted by Crippen LogP contribution is 2.11. The van der Waals surface area contributed by atoms with E-state index in [0.717, 1.165) is 5.56 Å². The summed E-state index contributed by atoms with van der Waals surface area (Å²) < 4.78 is 6.98. The first-order valence-electron chi connectivity index (χ1n) is 5.11. The molecule has 3 heteroatoms. The molecular weight excluding hydrogens is 202 g/mol. The highest BCUT2D eigenvalue weighted by molar-refractivity contribution is 5.74. The zero-order valence-electron chi connectivity index (χ0n) is 9.09. The van der Waals surface area contributed by atoms with E-state index in [0.29, 0.717) is 12.3 Å². The van der Waals surface area contributed by atoms with Crippen molar-refractivity contribution in [1.29, 1.82) is 0 Å². The second-order valence-corrected chi connectivity index (χ2v) is 3.59. The van der Waals surface area contributed by atoms with Gasteiger partial charge in [-0.05, 0) is 11.6 Å². The Bertz CT molecular complexity index is 474. The van der Waals surface area contributed by atoms with Crippen molar-refractivity contribution in [2.24, 2.45) is 7.05 Å². The molecule has 0 atom stereocenters. The molecule has 82 valence electrons. The Morgan fingerprint density at radius 3 is 2.56 bits per heavy atom. The fourth-order valence-corrected chi connectivity index (χ4v) is 1.47. The number of esters is 1. The van der Waals surface area contributed by atoms with Gasteiger partial charge in [0.15, 0.2) is 0 Å². The van der Waals surface area contributed by atoms with Crippen LogP contribution in [0.5, 0.6) is 5.88 Å². The number of carbonyl (C=O) groups is 1. The summed E-state index contributed by atoms with van der Waals surface area (Å²) in [6.45, 7) is 0. The first kappa shape index (κ1) is 10.5. The van der Waals surface area contributed by atoms with Gasteiger partial charge in [-0.2, -0.15) is 0 Å². The van der Waals surface area contributed by atoms with Gasteiger partial charge in [0.1, 0.15) is 0 Å². The third kappa shape index (κ3) is 2.51. The van der Waals surface area contributed by atoms with Crippen molar-refractivity contribution in [3.8, 4) is 5.88 Å². The number of ether oxygens (including phenoxy) is 1. The molecule has 0 bridgehead atoms. The molecule has 0 spiro atoms. The summed E-state index contributed by atoms with van der Waals surface area (Å²) >= 11 is 0. The van der Waals surface area contributed by atoms with E-state index in [1.54, 1.807) is 10.6 Å². The van der Waals surface area contributed by atoms with E-state index in [9.17, 15) is 4.79 Å². The Labute approximate surface area is 94.3 Å². The molecule has 0 radical (unpaired) electrons. The number of carbonyl (C=O) groups excluding carboxylic acids is 1. The summed E-state index contributed by atoms with van der Waals surface area (Å²) in [6.07, 6.45) is 2.14. The summed E-state index contributed by atoms with van der Waals surface area (Å²) in [5.74, 6) is 0.328. The lowest BCUT2D eigenvalue weighted by Gasteiger charge is -2.04. The maximum absolute atomic E-state index is 11.6. The van der Waals surface area contributed by atoms with Crippen LogP contribution in [0.4, 0.5) is 0 Å². The van der Waals surface area contributed by atoms with Crippen LogP contribution in [-0.4, -0.2) is 10.5 Å². The van der Waals surface area contributed by atoms with Crippen molar-refractivity contribution in [2.45, 2.75) is 6.42 Å². The molecule has 0 saturated heterocycles. The zero-order valence-corrected chi connectivity index (χ0v) is 9.09. The lowest BCUT2D eigenvalue weighted by atomic mass is 10.2. The largest absolute Gasteiger partial charge is 0.409 e. The molecule has 0 aliphatic carbocycles. The molecule has 1 aromatic heterocycles. The van der Waals surface area contributed by atoms with Gasteiger partial charge in [-0.15, -0.1) is 0 Å². The number of aryl methyl sites for hydroxylation is 1. The third-order valence-corrected chi connectivity index (χ3v) is 2.31. The van der Waals surface area contributed by atoms with E-state index in [4.69, 9.17) is 4.74 Å². The van der Waals surface area contributed by atoms with Gasteiger partial charge in [-0.1, -0.05) is 30.3 Å². The lowest BCUT2D eigenvalue weighted by molar-refractivity contribution is -0.134. The monoisotopic (exact) mass is 215 g/mol. The second-order valence-electron chi connectivity index (χ2n) is 3.59. The molecule has 0 fully saturated rings. The van der Waals surface area contributed by atoms with E-state index < -0.39 is 0 Å². The van der Waals surface area contributed by atoms with Gasteiger partial charge in [0, 0.05) is 19.3 Å². The average Bonchev–Trinajstić information content (AvgIpc) is 2.66. The zero-order chi connectivity index (χ0) is 11.4. The molecule has 1 heterocycles. The molecule has 0 aliphatic heterocycles. The van der Waals surface area contributed by atoms with Crippen LogP contribution in [-0.2, 0) is 18.3 Å². The van der Waals surface area contributed by atoms with Crippen LogP contribution < -0.4 is 4.74 Å². The molecule has 0 aliphatic rings. The Morgan fingerprint density at radius 1 is 1.19 bits per heavy atom. The number of nitrogens with zero attached hydrogens (tertiary/aromatic N) is 1. The maximum Gasteiger partial charge on any atom is 0.316 e. The molecule has 0 saturated carbocycles. The van der Waals surface area contributed by atoms with Gasteiger partial charge in [0.05, 0.1) is 6.42 Å². The fraction of sp³-hybridized carbons (Fsp3) is 0.154. The Balaban J connectivity index is 1.98. The lowest BCUT2D eigenvalue weighted by Crippen LogP contribution is -2.12. The highest BCUT2D eigenvalue weighted by atomic mass is 16.5. The van der Waals surface area contributed by atoms with Gasteiger partial charge < -0.3 is 9.30 Å². The summed E-state index contributed by atoms with van der Waals surface area (Å²) in [5.41, 5.74) is 0.960. The first-order chi connectivity index (χ1) is 7.75. The minimum atomic E-state index is -0.243. The molecule has 0 amide bonds. The van der Waals surface area contributed by atoms with Crippen molar-refractivity contribution in [3.63, 3.8) is 0 Å². The van der Waals surface area contributed by atoms with E-state index >= 15 is 0 Å². The standard InChI is InChI=1S/C13H13NO2/c1-14-9-5-8-12(14)16-13(15)10-11-6-3-2-4-7-11/h2-9H,10H2,1H3. The van der Waals surface area contributed by atoms with Gasteiger partial charge in [0.25, 0.3) is 0 Å². The smallest absolute Gasteiger partial charge is 0.316 e. The molecule has 0 N–H and O–H groups in total. The van der Waals surface area contributed by atoms with Gasteiger partial charge in [-0.3, -0.25) is 4.79 Å². The highest BCUT2D eigenvalue weighted by Gasteiger charge is 2.07. The Hall–Kier alpha value is -2.03. The number of aromatic nitrogens is 1. The Morgan fingerprint density at radius 2 is 1.94 bits per heavy atom. The molecule has 16 heavy (non-hydrogen) atoms. The van der Waals surface area contributed by atoms with Crippen LogP contribution in [0.15, 0.2) is 48.7 Å². The third-order valence-electron chi connectivity index (χ3n) is 2.31. The van der Waals surface area contributed by atoms with Gasteiger partial charge in [0.2, 0.25) is 5.88 Å². The minimum absolute atomic E-state index is 0.243. The number of hydrogen-bond acceptors (Lipinski definition) is 2. The quantitative estimate of drug-likeness (QED) is 0.735. The molecule has 2 aromatic rings. The van der Waals surface area contributed by atoms with Crippen molar-refractivity contribution in [2.75, 3.05) is 0 Å². The van der Waals surface area contributed by atoms with E-state index in [2.05, 4.69) is 0 Å². The molecule has 0 unspecified atom stereocenters. The van der Waals surface area contributed by atoms with Crippen LogP contribution in [0.3, 0.4) is 0 Å². The first-order valence-corrected chi connectivity index (χ1v) is 5.11. The predicted molar refractivity (Wildman–Crippen MR) is 61.2 cm³/mol. The van der Waals surface area contributed by atoms with Crippen LogP contribution >= 0.6 is 0 Å². The van der Waals surface area contributed by atoms with Crippen LogP contribution in [0.1, 0.15) is 5.56 Å². The normalized spacial score (nSPS) is 10.1. The number of rotatable bonds is 3. The average molecular weight is 215 g/mol. The fourth-order valence-electron chi connectivity index (χ4n) is 1.47. The van der Waals surface area contributed by atoms with Crippen LogP contribution in [0.2, 0.25) is 0 Å². The summed E-state index contributed by atoms with van der Waals surface area (Å²) in [7, 11) is 1.84. The predicted octanol–water partition coefficient (Wildman–Crippen LogP) is 2.17. The summed E-state index contributed by atoms with van der Waals surface area (Å²) in [5, 5.41) is 0. The van der Waals surface area contributed by atoms with Crippen molar-refractivity contribution in [1.82, 2.24) is 4.57 Å². The maximum atomic E-state index is 11.6. The second kappa shape index (κ2) is 4.66. The van der Waals surface area contributed by atoms with Gasteiger partial charge >= 0.3 is 5.97 Å². The Kier molecular flexibility index (Phi) is 3.05. The molecule has 2 rings (SSSR count). The van der Waals surface area contributed by atoms with Crippen LogP contribution in [0, 0.1) is 0 Å². The van der Waals surface area contributed by atoms with E-state index in [1.165, 1.54) is 0 Å². The van der Waals surface area contributed by atoms with Crippen molar-refractivity contribution in [3.05, 3.63) is 54.2 Å². The van der Waals surface area contributed by atoms with E-state index in [1.807, 2.05) is 49.6 Å². The van der Waals surface area contributed by atoms with Crippen LogP contribution in [0.25, 0.3) is 0 Å². The summed E-state index contributed by atoms with van der Waals surface area (Å²) in [4.78, 5) is 11.6. The summed E-state index contributed by atoms with van der Waals surface area (Å²) in [6, 6.07) is 13.2. The molecule has 3 nitrogen and oxygen atoms in total. The van der Waals surface area contributed by atoms with Crippen molar-refractivity contribution >= 4 is 5.97 Å². The molecule has 1 aromatic carbocycles. The number of benzene rings is 1.